The van der Waals surface area contributed by atoms with Crippen LogP contribution in [0.3, 0.4) is 0 Å². The highest BCUT2D eigenvalue weighted by atomic mass is 35.5. The summed E-state index contributed by atoms with van der Waals surface area (Å²) in [5, 5.41) is 4.50. The maximum absolute atomic E-state index is 12.1. The third-order valence-electron chi connectivity index (χ3n) is 2.98. The molecule has 0 radical (unpaired) electrons. The number of hydrogen-bond acceptors (Lipinski definition) is 4. The summed E-state index contributed by atoms with van der Waals surface area (Å²) in [5.41, 5.74) is 1.77. The zero-order chi connectivity index (χ0) is 13.6. The molecule has 0 unspecified atom stereocenters. The van der Waals surface area contributed by atoms with Crippen LogP contribution < -0.4 is 4.74 Å². The van der Waals surface area contributed by atoms with Crippen LogP contribution in [-0.4, -0.2) is 15.7 Å². The number of rotatable bonds is 1. The minimum absolute atomic E-state index is 0.0920. The van der Waals surface area contributed by atoms with Gasteiger partial charge >= 0.3 is 5.97 Å². The fourth-order valence-corrected chi connectivity index (χ4v) is 2.38. The molecule has 1 aliphatic rings. The van der Waals surface area contributed by atoms with Crippen LogP contribution in [0.15, 0.2) is 18.2 Å². The molecule has 5 nitrogen and oxygen atoms in total. The Bertz CT molecular complexity index is 684. The molecule has 0 saturated heterocycles. The van der Waals surface area contributed by atoms with E-state index in [9.17, 15) is 9.32 Å². The lowest BCUT2D eigenvalue weighted by molar-refractivity contribution is -0.0795. The van der Waals surface area contributed by atoms with E-state index in [0.717, 1.165) is 0 Å². The monoisotopic (exact) mass is 282 g/mol. The van der Waals surface area contributed by atoms with E-state index in [1.165, 1.54) is 4.68 Å². The van der Waals surface area contributed by atoms with Crippen molar-refractivity contribution in [3.63, 3.8) is 0 Å². The third kappa shape index (κ3) is 1.76. The number of fused-ring (bicyclic) bond motifs is 3. The van der Waals surface area contributed by atoms with Crippen molar-refractivity contribution in [2.24, 2.45) is 7.05 Å². The van der Waals surface area contributed by atoms with Crippen LogP contribution in [0.4, 0.5) is 4.53 Å². The predicted molar refractivity (Wildman–Crippen MR) is 64.5 cm³/mol. The summed E-state index contributed by atoms with van der Waals surface area (Å²) in [4.78, 5) is 14.6. The average Bonchev–Trinajstić information content (AvgIpc) is 2.75. The SMILES string of the molecule is Cn1nc(C(=O)OF)c2c1-c1cc(Cl)ccc1OC2. The number of carbonyl (C=O) groups is 1. The number of aryl methyl sites for hydroxylation is 1. The molecular formula is C12H8ClFN2O3. The predicted octanol–water partition coefficient (Wildman–Crippen LogP) is 2.67. The molecular weight excluding hydrogens is 275 g/mol. The summed E-state index contributed by atoms with van der Waals surface area (Å²) in [7, 11) is 1.66. The standard InChI is InChI=1S/C12H8ClFN2O3/c1-16-11-7-4-6(13)2-3-9(7)18-5-8(11)10(15-16)12(17)19-14/h2-4H,5H2,1H3. The zero-order valence-electron chi connectivity index (χ0n) is 9.81. The topological polar surface area (TPSA) is 53.4 Å². The maximum Gasteiger partial charge on any atom is 0.400 e. The Morgan fingerprint density at radius 1 is 1.58 bits per heavy atom. The van der Waals surface area contributed by atoms with Crippen molar-refractivity contribution >= 4 is 17.6 Å². The highest BCUT2D eigenvalue weighted by Gasteiger charge is 2.29. The fraction of sp³-hybridized carbons (Fsp3) is 0.167. The van der Waals surface area contributed by atoms with Gasteiger partial charge in [0.15, 0.2) is 5.69 Å². The van der Waals surface area contributed by atoms with Gasteiger partial charge in [0.2, 0.25) is 0 Å². The number of nitrogens with zero attached hydrogens (tertiary/aromatic N) is 2. The number of halogens is 2. The van der Waals surface area contributed by atoms with Crippen molar-refractivity contribution in [2.75, 3.05) is 0 Å². The van der Waals surface area contributed by atoms with Gasteiger partial charge in [-0.05, 0) is 18.2 Å². The average molecular weight is 283 g/mol. The molecule has 0 bridgehead atoms. The van der Waals surface area contributed by atoms with Crippen LogP contribution in [0, 0.1) is 0 Å². The Balaban J connectivity index is 2.24. The molecule has 0 N–H and O–H groups in total. The Hall–Kier alpha value is -2.08. The number of aromatic nitrogens is 2. The van der Waals surface area contributed by atoms with E-state index in [1.54, 1.807) is 25.2 Å². The van der Waals surface area contributed by atoms with Crippen molar-refractivity contribution < 1.29 is 19.0 Å². The second-order valence-electron chi connectivity index (χ2n) is 4.09. The van der Waals surface area contributed by atoms with Crippen LogP contribution in [0.5, 0.6) is 5.75 Å². The number of carbonyl (C=O) groups excluding carboxylic acids is 1. The molecule has 3 rings (SSSR count). The summed E-state index contributed by atoms with van der Waals surface area (Å²) in [6.45, 7) is 0.127. The molecule has 0 amide bonds. The first-order valence-corrected chi connectivity index (χ1v) is 5.81. The van der Waals surface area contributed by atoms with Gasteiger partial charge in [0.25, 0.3) is 0 Å². The first kappa shape index (κ1) is 12.0. The third-order valence-corrected chi connectivity index (χ3v) is 3.21. The first-order chi connectivity index (χ1) is 9.11. The number of ether oxygens (including phenoxy) is 1. The van der Waals surface area contributed by atoms with Gasteiger partial charge in [-0.2, -0.15) is 5.10 Å². The molecule has 1 aliphatic heterocycles. The van der Waals surface area contributed by atoms with Crippen molar-refractivity contribution in [3.05, 3.63) is 34.5 Å². The van der Waals surface area contributed by atoms with Crippen molar-refractivity contribution in [2.45, 2.75) is 6.61 Å². The van der Waals surface area contributed by atoms with Gasteiger partial charge < -0.3 is 4.74 Å². The van der Waals surface area contributed by atoms with Gasteiger partial charge in [-0.1, -0.05) is 11.6 Å². The Morgan fingerprint density at radius 3 is 3.11 bits per heavy atom. The van der Waals surface area contributed by atoms with Crippen LogP contribution in [0.2, 0.25) is 5.02 Å². The second kappa shape index (κ2) is 4.24. The second-order valence-corrected chi connectivity index (χ2v) is 4.53. The maximum atomic E-state index is 12.1. The van der Waals surface area contributed by atoms with Crippen LogP contribution in [0.1, 0.15) is 16.1 Å². The largest absolute Gasteiger partial charge is 0.488 e. The van der Waals surface area contributed by atoms with E-state index in [1.807, 2.05) is 0 Å². The zero-order valence-corrected chi connectivity index (χ0v) is 10.6. The van der Waals surface area contributed by atoms with E-state index >= 15 is 0 Å². The smallest absolute Gasteiger partial charge is 0.400 e. The molecule has 2 heterocycles. The van der Waals surface area contributed by atoms with Gasteiger partial charge in [-0.25, -0.2) is 9.74 Å². The molecule has 19 heavy (non-hydrogen) atoms. The molecule has 0 aliphatic carbocycles. The molecule has 2 aromatic rings. The van der Waals surface area contributed by atoms with Crippen molar-refractivity contribution in [1.82, 2.24) is 9.78 Å². The van der Waals surface area contributed by atoms with E-state index in [2.05, 4.69) is 10.0 Å². The van der Waals surface area contributed by atoms with Gasteiger partial charge in [-0.3, -0.25) is 4.68 Å². The highest BCUT2D eigenvalue weighted by Crippen LogP contribution is 2.40. The minimum Gasteiger partial charge on any atom is -0.488 e. The van der Waals surface area contributed by atoms with Crippen LogP contribution in [-0.2, 0) is 18.6 Å². The van der Waals surface area contributed by atoms with E-state index in [4.69, 9.17) is 16.3 Å². The lowest BCUT2D eigenvalue weighted by atomic mass is 10.0. The minimum atomic E-state index is -1.13. The van der Waals surface area contributed by atoms with E-state index < -0.39 is 5.97 Å². The Kier molecular flexibility index (Phi) is 2.67. The van der Waals surface area contributed by atoms with Gasteiger partial charge in [-0.15, -0.1) is 0 Å². The molecule has 0 fully saturated rings. The molecule has 98 valence electrons. The van der Waals surface area contributed by atoms with Gasteiger partial charge in [0.1, 0.15) is 12.4 Å². The summed E-state index contributed by atoms with van der Waals surface area (Å²) in [6.07, 6.45) is 0. The molecule has 1 aromatic carbocycles. The van der Waals surface area contributed by atoms with Crippen LogP contribution in [0.25, 0.3) is 11.3 Å². The molecule has 0 saturated carbocycles. The highest BCUT2D eigenvalue weighted by molar-refractivity contribution is 6.31. The molecule has 0 spiro atoms. The summed E-state index contributed by atoms with van der Waals surface area (Å²) >= 11 is 5.96. The molecule has 7 heteroatoms. The van der Waals surface area contributed by atoms with E-state index in [0.29, 0.717) is 27.6 Å². The van der Waals surface area contributed by atoms with Crippen LogP contribution >= 0.6 is 11.6 Å². The van der Waals surface area contributed by atoms with Gasteiger partial charge in [0, 0.05) is 22.2 Å². The quantitative estimate of drug-likeness (QED) is 0.807. The lowest BCUT2D eigenvalue weighted by Crippen LogP contribution is -2.09. The van der Waals surface area contributed by atoms with Crippen molar-refractivity contribution in [3.8, 4) is 17.0 Å². The number of hydrogen-bond donors (Lipinski definition) is 0. The lowest BCUT2D eigenvalue weighted by Gasteiger charge is -2.18. The van der Waals surface area contributed by atoms with Gasteiger partial charge in [0.05, 0.1) is 11.3 Å². The van der Waals surface area contributed by atoms with Crippen molar-refractivity contribution in [1.29, 1.82) is 0 Å². The molecule has 1 aromatic heterocycles. The summed E-state index contributed by atoms with van der Waals surface area (Å²) < 4.78 is 19.0. The summed E-state index contributed by atoms with van der Waals surface area (Å²) in [6, 6.07) is 5.15. The van der Waals surface area contributed by atoms with E-state index in [-0.39, 0.29) is 12.3 Å². The Morgan fingerprint density at radius 2 is 2.37 bits per heavy atom. The normalized spacial score (nSPS) is 12.4. The Labute approximate surface area is 112 Å². The number of benzene rings is 1. The first-order valence-electron chi connectivity index (χ1n) is 5.43. The summed E-state index contributed by atoms with van der Waals surface area (Å²) in [5.74, 6) is -0.494. The molecule has 0 atom stereocenters. The fourth-order valence-electron chi connectivity index (χ4n) is 2.21.